The Kier molecular flexibility index (Phi) is 4.32. The zero-order valence-corrected chi connectivity index (χ0v) is 12.9. The number of carbonyl (C=O) groups is 2. The molecule has 1 aromatic carbocycles. The van der Waals surface area contributed by atoms with Gasteiger partial charge < -0.3 is 15.0 Å². The van der Waals surface area contributed by atoms with Gasteiger partial charge >= 0.3 is 0 Å². The van der Waals surface area contributed by atoms with Crippen LogP contribution in [0.1, 0.15) is 36.0 Å². The molecule has 3 rings (SSSR count). The Hall–Kier alpha value is -2.04. The van der Waals surface area contributed by atoms with Crippen LogP contribution in [-0.2, 0) is 4.79 Å². The molecule has 0 radical (unpaired) electrons. The van der Waals surface area contributed by atoms with Crippen LogP contribution in [0.15, 0.2) is 24.3 Å². The van der Waals surface area contributed by atoms with Gasteiger partial charge in [0.25, 0.3) is 5.91 Å². The molecule has 2 amide bonds. The second kappa shape index (κ2) is 6.38. The minimum absolute atomic E-state index is 0.0779. The SMILES string of the molecule is COc1cccc(C(=O)NC2CCN(C(=O)C3CC3)CC2)c1. The second-order valence-corrected chi connectivity index (χ2v) is 6.08. The van der Waals surface area contributed by atoms with Crippen molar-refractivity contribution in [2.24, 2.45) is 5.92 Å². The molecule has 0 aromatic heterocycles. The molecule has 1 heterocycles. The lowest BCUT2D eigenvalue weighted by Gasteiger charge is -2.32. The summed E-state index contributed by atoms with van der Waals surface area (Å²) in [6.45, 7) is 1.50. The van der Waals surface area contributed by atoms with Crippen molar-refractivity contribution in [1.82, 2.24) is 10.2 Å². The van der Waals surface area contributed by atoms with E-state index in [1.54, 1.807) is 19.2 Å². The van der Waals surface area contributed by atoms with E-state index in [4.69, 9.17) is 4.74 Å². The van der Waals surface area contributed by atoms with Gasteiger partial charge in [-0.2, -0.15) is 0 Å². The number of likely N-dealkylation sites (tertiary alicyclic amines) is 1. The van der Waals surface area contributed by atoms with Crippen LogP contribution >= 0.6 is 0 Å². The van der Waals surface area contributed by atoms with Crippen LogP contribution < -0.4 is 10.1 Å². The highest BCUT2D eigenvalue weighted by Gasteiger charge is 2.35. The molecule has 0 atom stereocenters. The largest absolute Gasteiger partial charge is 0.497 e. The van der Waals surface area contributed by atoms with Gasteiger partial charge in [-0.05, 0) is 43.9 Å². The number of rotatable bonds is 4. The molecule has 5 heteroatoms. The van der Waals surface area contributed by atoms with Crippen molar-refractivity contribution in [3.05, 3.63) is 29.8 Å². The van der Waals surface area contributed by atoms with Crippen LogP contribution in [0.25, 0.3) is 0 Å². The molecular formula is C17H22N2O3. The van der Waals surface area contributed by atoms with Gasteiger partial charge in [0.1, 0.15) is 5.75 Å². The van der Waals surface area contributed by atoms with Gasteiger partial charge in [-0.25, -0.2) is 0 Å². The Labute approximate surface area is 130 Å². The maximum atomic E-state index is 12.3. The molecule has 1 N–H and O–H groups in total. The summed E-state index contributed by atoms with van der Waals surface area (Å²) in [7, 11) is 1.59. The fourth-order valence-electron chi connectivity index (χ4n) is 2.87. The monoisotopic (exact) mass is 302 g/mol. The Morgan fingerprint density at radius 1 is 1.18 bits per heavy atom. The molecule has 22 heavy (non-hydrogen) atoms. The zero-order chi connectivity index (χ0) is 15.5. The van der Waals surface area contributed by atoms with Gasteiger partial charge in [-0.15, -0.1) is 0 Å². The van der Waals surface area contributed by atoms with Crippen molar-refractivity contribution in [1.29, 1.82) is 0 Å². The maximum absolute atomic E-state index is 12.3. The highest BCUT2D eigenvalue weighted by atomic mass is 16.5. The Bertz CT molecular complexity index is 561. The first-order valence-electron chi connectivity index (χ1n) is 7.91. The van der Waals surface area contributed by atoms with Crippen molar-refractivity contribution >= 4 is 11.8 Å². The minimum Gasteiger partial charge on any atom is -0.497 e. The Balaban J connectivity index is 1.51. The molecule has 1 saturated carbocycles. The van der Waals surface area contributed by atoms with Gasteiger partial charge in [0, 0.05) is 30.6 Å². The summed E-state index contributed by atoms with van der Waals surface area (Å²) < 4.78 is 5.14. The standard InChI is InChI=1S/C17H22N2O3/c1-22-15-4-2-3-13(11-15)16(20)18-14-7-9-19(10-8-14)17(21)12-5-6-12/h2-4,11-12,14H,5-10H2,1H3,(H,18,20). The first-order valence-corrected chi connectivity index (χ1v) is 7.91. The third-order valence-corrected chi connectivity index (χ3v) is 4.40. The molecule has 0 bridgehead atoms. The van der Waals surface area contributed by atoms with Crippen LogP contribution in [0.2, 0.25) is 0 Å². The third-order valence-electron chi connectivity index (χ3n) is 4.40. The predicted molar refractivity (Wildman–Crippen MR) is 82.8 cm³/mol. The summed E-state index contributed by atoms with van der Waals surface area (Å²) in [4.78, 5) is 26.2. The van der Waals surface area contributed by atoms with Gasteiger partial charge in [0.15, 0.2) is 0 Å². The lowest BCUT2D eigenvalue weighted by molar-refractivity contribution is -0.133. The fraction of sp³-hybridized carbons (Fsp3) is 0.529. The minimum atomic E-state index is -0.0779. The molecule has 0 spiro atoms. The number of nitrogens with one attached hydrogen (secondary N) is 1. The molecule has 2 fully saturated rings. The number of hydrogen-bond donors (Lipinski definition) is 1. The smallest absolute Gasteiger partial charge is 0.251 e. The lowest BCUT2D eigenvalue weighted by Crippen LogP contribution is -2.47. The van der Waals surface area contributed by atoms with Gasteiger partial charge in [-0.1, -0.05) is 6.07 Å². The van der Waals surface area contributed by atoms with E-state index in [1.807, 2.05) is 17.0 Å². The summed E-state index contributed by atoms with van der Waals surface area (Å²) in [5, 5.41) is 3.06. The summed E-state index contributed by atoms with van der Waals surface area (Å²) in [6.07, 6.45) is 3.75. The van der Waals surface area contributed by atoms with E-state index in [2.05, 4.69) is 5.32 Å². The molecule has 1 aliphatic heterocycles. The van der Waals surface area contributed by atoms with E-state index in [1.165, 1.54) is 0 Å². The van der Waals surface area contributed by atoms with Gasteiger partial charge in [-0.3, -0.25) is 9.59 Å². The average Bonchev–Trinajstić information content (AvgIpc) is 3.40. The van der Waals surface area contributed by atoms with Crippen molar-refractivity contribution in [2.75, 3.05) is 20.2 Å². The van der Waals surface area contributed by atoms with E-state index >= 15 is 0 Å². The summed E-state index contributed by atoms with van der Waals surface area (Å²) >= 11 is 0. The number of hydrogen-bond acceptors (Lipinski definition) is 3. The van der Waals surface area contributed by atoms with Crippen LogP contribution in [0.4, 0.5) is 0 Å². The first kappa shape index (κ1) is 14.9. The fourth-order valence-corrected chi connectivity index (χ4v) is 2.87. The normalized spacial score (nSPS) is 18.9. The lowest BCUT2D eigenvalue weighted by atomic mass is 10.0. The maximum Gasteiger partial charge on any atom is 0.251 e. The number of benzene rings is 1. The topological polar surface area (TPSA) is 58.6 Å². The molecule has 118 valence electrons. The van der Waals surface area contributed by atoms with Crippen molar-refractivity contribution < 1.29 is 14.3 Å². The average molecular weight is 302 g/mol. The van der Waals surface area contributed by atoms with Crippen LogP contribution in [0, 0.1) is 5.92 Å². The van der Waals surface area contributed by atoms with Crippen LogP contribution in [0.3, 0.4) is 0 Å². The third kappa shape index (κ3) is 3.40. The second-order valence-electron chi connectivity index (χ2n) is 6.08. The van der Waals surface area contributed by atoms with Crippen LogP contribution in [-0.4, -0.2) is 43.0 Å². The van der Waals surface area contributed by atoms with Crippen molar-refractivity contribution in [3.63, 3.8) is 0 Å². The molecule has 1 aliphatic carbocycles. The van der Waals surface area contributed by atoms with Crippen LogP contribution in [0.5, 0.6) is 5.75 Å². The Morgan fingerprint density at radius 3 is 2.55 bits per heavy atom. The molecule has 5 nitrogen and oxygen atoms in total. The Morgan fingerprint density at radius 2 is 1.91 bits per heavy atom. The van der Waals surface area contributed by atoms with E-state index in [0.717, 1.165) is 38.8 Å². The van der Waals surface area contributed by atoms with E-state index in [-0.39, 0.29) is 17.9 Å². The highest BCUT2D eigenvalue weighted by Crippen LogP contribution is 2.31. The first-order chi connectivity index (χ1) is 10.7. The van der Waals surface area contributed by atoms with Gasteiger partial charge in [0.05, 0.1) is 7.11 Å². The van der Waals surface area contributed by atoms with E-state index in [0.29, 0.717) is 17.2 Å². The predicted octanol–water partition coefficient (Wildman–Crippen LogP) is 1.83. The summed E-state index contributed by atoms with van der Waals surface area (Å²) in [5.74, 6) is 1.18. The van der Waals surface area contributed by atoms with E-state index < -0.39 is 0 Å². The number of methoxy groups -OCH3 is 1. The molecule has 1 aromatic rings. The quantitative estimate of drug-likeness (QED) is 0.923. The number of carbonyl (C=O) groups excluding carboxylic acids is 2. The number of nitrogens with zero attached hydrogens (tertiary/aromatic N) is 1. The van der Waals surface area contributed by atoms with Crippen molar-refractivity contribution in [2.45, 2.75) is 31.7 Å². The van der Waals surface area contributed by atoms with Crippen molar-refractivity contribution in [3.8, 4) is 5.75 Å². The number of amides is 2. The molecule has 0 unspecified atom stereocenters. The zero-order valence-electron chi connectivity index (χ0n) is 12.9. The van der Waals surface area contributed by atoms with E-state index in [9.17, 15) is 9.59 Å². The summed E-state index contributed by atoms with van der Waals surface area (Å²) in [5.41, 5.74) is 0.607. The highest BCUT2D eigenvalue weighted by molar-refractivity contribution is 5.94. The summed E-state index contributed by atoms with van der Waals surface area (Å²) in [6, 6.07) is 7.29. The molecule has 1 saturated heterocycles. The molecular weight excluding hydrogens is 280 g/mol. The van der Waals surface area contributed by atoms with Gasteiger partial charge in [0.2, 0.25) is 5.91 Å². The number of ether oxygens (including phenoxy) is 1. The number of piperidine rings is 1. The molecule has 2 aliphatic rings.